The molecule has 0 unspecified atom stereocenters. The Balaban J connectivity index is 2.10. The fourth-order valence-corrected chi connectivity index (χ4v) is 2.17. The highest BCUT2D eigenvalue weighted by atomic mass is 35.5. The van der Waals surface area contributed by atoms with E-state index in [0.29, 0.717) is 27.7 Å². The number of nitrogens with one attached hydrogen (secondary N) is 2. The molecule has 102 valence electrons. The lowest BCUT2D eigenvalue weighted by Crippen LogP contribution is -1.89. The third-order valence-corrected chi connectivity index (χ3v) is 3.34. The molecule has 0 saturated carbocycles. The van der Waals surface area contributed by atoms with Gasteiger partial charge in [0.25, 0.3) is 0 Å². The van der Waals surface area contributed by atoms with E-state index in [1.54, 1.807) is 12.1 Å². The number of hydrogen-bond acceptors (Lipinski definition) is 5. The molecule has 0 bridgehead atoms. The van der Waals surface area contributed by atoms with Crippen LogP contribution in [0.2, 0.25) is 5.02 Å². The number of halogens is 1. The number of aryl methyl sites for hydroxylation is 1. The van der Waals surface area contributed by atoms with Gasteiger partial charge in [-0.1, -0.05) is 23.7 Å². The molecule has 0 aliphatic carbocycles. The molecule has 3 N–H and O–H groups in total. The Hall–Kier alpha value is -2.25. The van der Waals surface area contributed by atoms with Gasteiger partial charge in [0.1, 0.15) is 17.1 Å². The van der Waals surface area contributed by atoms with Crippen LogP contribution in [0.25, 0.3) is 22.6 Å². The van der Waals surface area contributed by atoms with Gasteiger partial charge in [-0.05, 0) is 18.6 Å². The first-order chi connectivity index (χ1) is 9.70. The molecule has 0 amide bonds. The lowest BCUT2D eigenvalue weighted by atomic mass is 10.1. The highest BCUT2D eigenvalue weighted by Gasteiger charge is 2.17. The standard InChI is InChI=1S/C12H11ClN6O/c1-6-10(15-18-14-6)12-11(16-19-17-12)7-2-3-8(5-20)9(13)4-7/h2-4,20H,5H2,1H3,(H,14,15,18)(H,16,17,19). The summed E-state index contributed by atoms with van der Waals surface area (Å²) in [6.07, 6.45) is 0. The second-order valence-electron chi connectivity index (χ2n) is 4.24. The third kappa shape index (κ3) is 2.06. The van der Waals surface area contributed by atoms with Crippen molar-refractivity contribution in [2.45, 2.75) is 13.5 Å². The van der Waals surface area contributed by atoms with Gasteiger partial charge in [0.2, 0.25) is 0 Å². The van der Waals surface area contributed by atoms with Crippen LogP contribution < -0.4 is 0 Å². The molecule has 0 fully saturated rings. The van der Waals surface area contributed by atoms with Crippen LogP contribution in [0.15, 0.2) is 18.2 Å². The second kappa shape index (κ2) is 5.03. The lowest BCUT2D eigenvalue weighted by molar-refractivity contribution is 0.282. The Morgan fingerprint density at radius 2 is 1.75 bits per heavy atom. The van der Waals surface area contributed by atoms with Gasteiger partial charge in [0.15, 0.2) is 0 Å². The van der Waals surface area contributed by atoms with E-state index in [-0.39, 0.29) is 6.61 Å². The van der Waals surface area contributed by atoms with Crippen LogP contribution >= 0.6 is 11.6 Å². The summed E-state index contributed by atoms with van der Waals surface area (Å²) in [7, 11) is 0. The predicted octanol–water partition coefficient (Wildman–Crippen LogP) is 1.71. The molecular formula is C12H11ClN6O. The smallest absolute Gasteiger partial charge is 0.142 e. The van der Waals surface area contributed by atoms with Crippen LogP contribution in [-0.2, 0) is 6.61 Å². The Bertz CT molecular complexity index is 750. The first kappa shape index (κ1) is 12.8. The Morgan fingerprint density at radius 1 is 1.05 bits per heavy atom. The number of aromatic nitrogens is 6. The Labute approximate surface area is 119 Å². The number of benzene rings is 1. The van der Waals surface area contributed by atoms with E-state index in [0.717, 1.165) is 11.3 Å². The van der Waals surface area contributed by atoms with E-state index in [1.165, 1.54) is 0 Å². The van der Waals surface area contributed by atoms with Crippen molar-refractivity contribution < 1.29 is 5.11 Å². The molecule has 0 radical (unpaired) electrons. The topological polar surface area (TPSA) is 103 Å². The summed E-state index contributed by atoms with van der Waals surface area (Å²) < 4.78 is 0. The van der Waals surface area contributed by atoms with E-state index in [4.69, 9.17) is 16.7 Å². The summed E-state index contributed by atoms with van der Waals surface area (Å²) in [4.78, 5) is 0. The van der Waals surface area contributed by atoms with Crippen LogP contribution in [-0.4, -0.2) is 35.9 Å². The highest BCUT2D eigenvalue weighted by molar-refractivity contribution is 6.31. The first-order valence-electron chi connectivity index (χ1n) is 5.89. The molecule has 0 atom stereocenters. The summed E-state index contributed by atoms with van der Waals surface area (Å²) in [5, 5.41) is 31.1. The van der Waals surface area contributed by atoms with Crippen molar-refractivity contribution in [3.05, 3.63) is 34.5 Å². The number of aromatic amines is 2. The number of nitrogens with zero attached hydrogens (tertiary/aromatic N) is 4. The Morgan fingerprint density at radius 3 is 2.40 bits per heavy atom. The Kier molecular flexibility index (Phi) is 3.21. The molecule has 7 nitrogen and oxygen atoms in total. The van der Waals surface area contributed by atoms with Gasteiger partial charge < -0.3 is 5.11 Å². The van der Waals surface area contributed by atoms with Gasteiger partial charge >= 0.3 is 0 Å². The van der Waals surface area contributed by atoms with Gasteiger partial charge in [-0.15, -0.1) is 0 Å². The van der Waals surface area contributed by atoms with Crippen LogP contribution in [0, 0.1) is 6.92 Å². The fourth-order valence-electron chi connectivity index (χ4n) is 1.93. The lowest BCUT2D eigenvalue weighted by Gasteiger charge is -2.04. The van der Waals surface area contributed by atoms with Crippen molar-refractivity contribution in [1.29, 1.82) is 0 Å². The van der Waals surface area contributed by atoms with Crippen molar-refractivity contribution in [2.75, 3.05) is 0 Å². The van der Waals surface area contributed by atoms with Crippen LogP contribution in [0.4, 0.5) is 0 Å². The number of aliphatic hydroxyl groups is 1. The maximum Gasteiger partial charge on any atom is 0.142 e. The van der Waals surface area contributed by atoms with Gasteiger partial charge in [-0.3, -0.25) is 0 Å². The van der Waals surface area contributed by atoms with Crippen molar-refractivity contribution in [3.8, 4) is 22.6 Å². The number of H-pyrrole nitrogens is 2. The normalized spacial score (nSPS) is 10.9. The minimum absolute atomic E-state index is 0.104. The minimum atomic E-state index is -0.104. The molecule has 2 heterocycles. The molecule has 0 spiro atoms. The quantitative estimate of drug-likeness (QED) is 0.681. The average Bonchev–Trinajstić information content (AvgIpc) is 3.06. The van der Waals surface area contributed by atoms with E-state index in [9.17, 15) is 0 Å². The zero-order chi connectivity index (χ0) is 14.1. The number of aliphatic hydroxyl groups excluding tert-OH is 1. The molecule has 8 heteroatoms. The average molecular weight is 291 g/mol. The zero-order valence-corrected chi connectivity index (χ0v) is 11.3. The molecular weight excluding hydrogens is 280 g/mol. The van der Waals surface area contributed by atoms with Crippen molar-refractivity contribution in [1.82, 2.24) is 30.8 Å². The monoisotopic (exact) mass is 290 g/mol. The highest BCUT2D eigenvalue weighted by Crippen LogP contribution is 2.30. The molecule has 0 aliphatic heterocycles. The summed E-state index contributed by atoms with van der Waals surface area (Å²) in [5.74, 6) is 0. The summed E-state index contributed by atoms with van der Waals surface area (Å²) in [6.45, 7) is 1.73. The molecule has 2 aromatic heterocycles. The third-order valence-electron chi connectivity index (χ3n) is 2.99. The number of hydrogen-bond donors (Lipinski definition) is 3. The van der Waals surface area contributed by atoms with Crippen molar-refractivity contribution in [3.63, 3.8) is 0 Å². The fraction of sp³-hybridized carbons (Fsp3) is 0.167. The van der Waals surface area contributed by atoms with E-state index < -0.39 is 0 Å². The summed E-state index contributed by atoms with van der Waals surface area (Å²) in [5.41, 5.74) is 4.06. The molecule has 3 rings (SSSR count). The van der Waals surface area contributed by atoms with E-state index in [1.807, 2.05) is 13.0 Å². The number of rotatable bonds is 3. The second-order valence-corrected chi connectivity index (χ2v) is 4.65. The molecule has 0 saturated heterocycles. The molecule has 20 heavy (non-hydrogen) atoms. The first-order valence-corrected chi connectivity index (χ1v) is 6.26. The minimum Gasteiger partial charge on any atom is -0.392 e. The van der Waals surface area contributed by atoms with Crippen LogP contribution in [0.1, 0.15) is 11.3 Å². The molecule has 0 aliphatic rings. The van der Waals surface area contributed by atoms with Gasteiger partial charge in [-0.2, -0.15) is 30.8 Å². The van der Waals surface area contributed by atoms with Gasteiger partial charge in [-0.25, -0.2) is 0 Å². The van der Waals surface area contributed by atoms with Gasteiger partial charge in [0, 0.05) is 10.6 Å². The van der Waals surface area contributed by atoms with E-state index >= 15 is 0 Å². The summed E-state index contributed by atoms with van der Waals surface area (Å²) in [6, 6.07) is 5.32. The maximum absolute atomic E-state index is 9.14. The van der Waals surface area contributed by atoms with Crippen LogP contribution in [0.3, 0.4) is 0 Å². The zero-order valence-electron chi connectivity index (χ0n) is 10.6. The summed E-state index contributed by atoms with van der Waals surface area (Å²) >= 11 is 6.10. The molecule has 1 aromatic carbocycles. The molecule has 3 aromatic rings. The van der Waals surface area contributed by atoms with Gasteiger partial charge in [0.05, 0.1) is 12.3 Å². The SMILES string of the molecule is Cc1n[nH]nc1-c1n[nH]nc1-c1ccc(CO)c(Cl)c1. The maximum atomic E-state index is 9.14. The predicted molar refractivity (Wildman–Crippen MR) is 72.9 cm³/mol. The van der Waals surface area contributed by atoms with Crippen LogP contribution in [0.5, 0.6) is 0 Å². The van der Waals surface area contributed by atoms with Crippen molar-refractivity contribution >= 4 is 11.6 Å². The van der Waals surface area contributed by atoms with E-state index in [2.05, 4.69) is 30.8 Å². The van der Waals surface area contributed by atoms with Crippen molar-refractivity contribution in [2.24, 2.45) is 0 Å². The largest absolute Gasteiger partial charge is 0.392 e.